The van der Waals surface area contributed by atoms with E-state index in [0.29, 0.717) is 0 Å². The molecule has 2 aromatic carbocycles. The highest BCUT2D eigenvalue weighted by Crippen LogP contribution is 2.33. The largest absolute Gasteiger partial charge is 0.338 e. The average Bonchev–Trinajstić information content (AvgIpc) is 2.93. The molecule has 0 unspecified atom stereocenters. The van der Waals surface area contributed by atoms with Gasteiger partial charge in [-0.3, -0.25) is 4.98 Å². The molecule has 0 aliphatic rings. The van der Waals surface area contributed by atoms with Crippen LogP contribution in [0.4, 0.5) is 0 Å². The minimum absolute atomic E-state index is 0.861. The summed E-state index contributed by atoms with van der Waals surface area (Å²) in [6.45, 7) is 7.44. The fourth-order valence-corrected chi connectivity index (χ4v) is 4.15. The van der Waals surface area contributed by atoms with Crippen molar-refractivity contribution in [1.82, 2.24) is 9.55 Å². The van der Waals surface area contributed by atoms with Gasteiger partial charge in [0.15, 0.2) is 0 Å². The van der Waals surface area contributed by atoms with Crippen LogP contribution in [0.5, 0.6) is 0 Å². The highest BCUT2D eigenvalue weighted by atomic mass is 32.2. The summed E-state index contributed by atoms with van der Waals surface area (Å²) < 4.78 is 2.42. The molecule has 0 fully saturated rings. The van der Waals surface area contributed by atoms with E-state index in [1.165, 1.54) is 43.7 Å². The van der Waals surface area contributed by atoms with Crippen LogP contribution >= 0.6 is 11.8 Å². The first-order chi connectivity index (χ1) is 13.1. The Labute approximate surface area is 165 Å². The molecule has 2 heterocycles. The maximum atomic E-state index is 4.78. The molecule has 0 aliphatic carbocycles. The van der Waals surface area contributed by atoms with Gasteiger partial charge in [0.25, 0.3) is 0 Å². The summed E-state index contributed by atoms with van der Waals surface area (Å²) in [5.41, 5.74) is 8.71. The summed E-state index contributed by atoms with van der Waals surface area (Å²) in [4.78, 5) is 6.05. The van der Waals surface area contributed by atoms with Crippen molar-refractivity contribution in [2.24, 2.45) is 0 Å². The monoisotopic (exact) mass is 372 g/mol. The molecule has 0 amide bonds. The normalized spacial score (nSPS) is 11.3. The Morgan fingerprint density at radius 1 is 0.963 bits per heavy atom. The van der Waals surface area contributed by atoms with Crippen molar-refractivity contribution in [2.45, 2.75) is 32.2 Å². The Kier molecular flexibility index (Phi) is 4.79. The molecule has 0 saturated carbocycles. The molecular formula is C24H24N2S. The Morgan fingerprint density at radius 2 is 1.74 bits per heavy atom. The van der Waals surface area contributed by atoms with Crippen LogP contribution in [0.25, 0.3) is 22.2 Å². The second-order valence-corrected chi connectivity index (χ2v) is 7.95. The predicted molar refractivity (Wildman–Crippen MR) is 117 cm³/mol. The van der Waals surface area contributed by atoms with E-state index < -0.39 is 0 Å². The number of fused-ring (bicyclic) bond motifs is 1. The van der Waals surface area contributed by atoms with Gasteiger partial charge in [0.1, 0.15) is 0 Å². The molecular weight excluding hydrogens is 348 g/mol. The third-order valence-corrected chi connectivity index (χ3v) is 6.08. The van der Waals surface area contributed by atoms with E-state index in [9.17, 15) is 0 Å². The van der Waals surface area contributed by atoms with Crippen molar-refractivity contribution in [3.05, 3.63) is 83.2 Å². The van der Waals surface area contributed by atoms with Gasteiger partial charge in [0.05, 0.1) is 11.2 Å². The summed E-state index contributed by atoms with van der Waals surface area (Å²) in [5, 5.41) is 1.29. The van der Waals surface area contributed by atoms with Crippen molar-refractivity contribution in [2.75, 3.05) is 6.26 Å². The Morgan fingerprint density at radius 3 is 2.44 bits per heavy atom. The zero-order chi connectivity index (χ0) is 19.0. The number of rotatable bonds is 4. The van der Waals surface area contributed by atoms with E-state index in [1.54, 1.807) is 11.8 Å². The lowest BCUT2D eigenvalue weighted by atomic mass is 10.1. The van der Waals surface area contributed by atoms with Gasteiger partial charge in [-0.2, -0.15) is 0 Å². The number of aryl methyl sites for hydroxylation is 2. The van der Waals surface area contributed by atoms with Gasteiger partial charge in [-0.25, -0.2) is 0 Å². The predicted octanol–water partition coefficient (Wildman–Crippen LogP) is 6.40. The molecule has 0 spiro atoms. The van der Waals surface area contributed by atoms with Gasteiger partial charge in [0.2, 0.25) is 0 Å². The highest BCUT2D eigenvalue weighted by molar-refractivity contribution is 7.98. The second-order valence-electron chi connectivity index (χ2n) is 7.07. The lowest BCUT2D eigenvalue weighted by Gasteiger charge is -2.12. The fourth-order valence-electron chi connectivity index (χ4n) is 3.75. The first-order valence-electron chi connectivity index (χ1n) is 9.23. The van der Waals surface area contributed by atoms with Crippen molar-refractivity contribution in [3.8, 4) is 11.3 Å². The lowest BCUT2D eigenvalue weighted by molar-refractivity contribution is 0.799. The van der Waals surface area contributed by atoms with Crippen molar-refractivity contribution >= 4 is 22.7 Å². The summed E-state index contributed by atoms with van der Waals surface area (Å²) in [6.07, 6.45) is 4.04. The standard InChI is InChI=1S/C24H24N2S/c1-16-6-5-7-19(14-16)15-26-18(3)17(2)22-12-13-25-23(24(22)26)20-8-10-21(27-4)11-9-20/h5-14H,15H2,1-4H3. The third kappa shape index (κ3) is 3.28. The number of nitrogens with zero attached hydrogens (tertiary/aromatic N) is 2. The van der Waals surface area contributed by atoms with E-state index >= 15 is 0 Å². The molecule has 0 aliphatic heterocycles. The minimum atomic E-state index is 0.861. The van der Waals surface area contributed by atoms with Crippen LogP contribution in [0.15, 0.2) is 65.7 Å². The Balaban J connectivity index is 1.91. The second kappa shape index (κ2) is 7.24. The average molecular weight is 373 g/mol. The van der Waals surface area contributed by atoms with E-state index in [0.717, 1.165) is 12.2 Å². The van der Waals surface area contributed by atoms with E-state index in [4.69, 9.17) is 4.98 Å². The van der Waals surface area contributed by atoms with Gasteiger partial charge >= 0.3 is 0 Å². The molecule has 0 radical (unpaired) electrons. The molecule has 4 rings (SSSR count). The van der Waals surface area contributed by atoms with Crippen molar-refractivity contribution in [3.63, 3.8) is 0 Å². The van der Waals surface area contributed by atoms with Gasteiger partial charge in [-0.15, -0.1) is 11.8 Å². The van der Waals surface area contributed by atoms with Gasteiger partial charge < -0.3 is 4.57 Å². The molecule has 0 N–H and O–H groups in total. The quantitative estimate of drug-likeness (QED) is 0.386. The molecule has 2 nitrogen and oxygen atoms in total. The van der Waals surface area contributed by atoms with Crippen LogP contribution in [0.3, 0.4) is 0 Å². The zero-order valence-electron chi connectivity index (χ0n) is 16.3. The fraction of sp³-hybridized carbons (Fsp3) is 0.208. The molecule has 0 saturated heterocycles. The van der Waals surface area contributed by atoms with Crippen LogP contribution < -0.4 is 0 Å². The number of aromatic nitrogens is 2. The number of hydrogen-bond donors (Lipinski definition) is 0. The summed E-state index contributed by atoms with van der Waals surface area (Å²) >= 11 is 1.76. The van der Waals surface area contributed by atoms with E-state index in [-0.39, 0.29) is 0 Å². The summed E-state index contributed by atoms with van der Waals surface area (Å²) in [6, 6.07) is 19.6. The topological polar surface area (TPSA) is 17.8 Å². The molecule has 3 heteroatoms. The third-order valence-electron chi connectivity index (χ3n) is 5.33. The van der Waals surface area contributed by atoms with Crippen LogP contribution in [0.2, 0.25) is 0 Å². The molecule has 0 atom stereocenters. The first kappa shape index (κ1) is 17.9. The number of thioether (sulfide) groups is 1. The van der Waals surface area contributed by atoms with Crippen LogP contribution in [-0.2, 0) is 6.54 Å². The molecule has 0 bridgehead atoms. The zero-order valence-corrected chi connectivity index (χ0v) is 17.1. The summed E-state index contributed by atoms with van der Waals surface area (Å²) in [7, 11) is 0. The Hall–Kier alpha value is -2.52. The van der Waals surface area contributed by atoms with Crippen molar-refractivity contribution < 1.29 is 0 Å². The highest BCUT2D eigenvalue weighted by Gasteiger charge is 2.16. The Bertz CT molecular complexity index is 1110. The van der Waals surface area contributed by atoms with Crippen LogP contribution in [0, 0.1) is 20.8 Å². The molecule has 4 aromatic rings. The summed E-state index contributed by atoms with van der Waals surface area (Å²) in [5.74, 6) is 0. The smallest absolute Gasteiger partial charge is 0.0945 e. The molecule has 136 valence electrons. The van der Waals surface area contributed by atoms with Gasteiger partial charge in [-0.1, -0.05) is 42.0 Å². The lowest BCUT2D eigenvalue weighted by Crippen LogP contribution is -2.03. The SMILES string of the molecule is CSc1ccc(-c2nccc3c(C)c(C)n(Cc4cccc(C)c4)c23)cc1. The van der Waals surface area contributed by atoms with Crippen molar-refractivity contribution in [1.29, 1.82) is 0 Å². The van der Waals surface area contributed by atoms with Gasteiger partial charge in [-0.05, 0) is 56.4 Å². The van der Waals surface area contributed by atoms with Crippen LogP contribution in [-0.4, -0.2) is 15.8 Å². The number of benzene rings is 2. The van der Waals surface area contributed by atoms with Crippen LogP contribution in [0.1, 0.15) is 22.4 Å². The number of pyridine rings is 1. The maximum absolute atomic E-state index is 4.78. The number of hydrogen-bond acceptors (Lipinski definition) is 2. The molecule has 2 aromatic heterocycles. The molecule has 27 heavy (non-hydrogen) atoms. The minimum Gasteiger partial charge on any atom is -0.338 e. The first-order valence-corrected chi connectivity index (χ1v) is 10.5. The van der Waals surface area contributed by atoms with E-state index in [2.05, 4.69) is 86.2 Å². The van der Waals surface area contributed by atoms with E-state index in [1.807, 2.05) is 6.20 Å². The van der Waals surface area contributed by atoms with Gasteiger partial charge in [0, 0.05) is 34.3 Å². The maximum Gasteiger partial charge on any atom is 0.0945 e.